The van der Waals surface area contributed by atoms with Crippen molar-refractivity contribution in [2.24, 2.45) is 0 Å². The molecule has 160 valence electrons. The highest BCUT2D eigenvalue weighted by Gasteiger charge is 2.19. The fourth-order valence-electron chi connectivity index (χ4n) is 4.26. The Labute approximate surface area is 188 Å². The molecule has 3 aromatic rings. The van der Waals surface area contributed by atoms with Gasteiger partial charge in [0.15, 0.2) is 0 Å². The van der Waals surface area contributed by atoms with Gasteiger partial charge in [-0.05, 0) is 74.2 Å². The quantitative estimate of drug-likeness (QED) is 0.479. The van der Waals surface area contributed by atoms with Crippen molar-refractivity contribution in [3.8, 4) is 17.0 Å². The van der Waals surface area contributed by atoms with Crippen LogP contribution in [-0.4, -0.2) is 16.7 Å². The van der Waals surface area contributed by atoms with E-state index in [0.717, 1.165) is 44.9 Å². The summed E-state index contributed by atoms with van der Waals surface area (Å²) in [5.41, 5.74) is 8.93. The predicted octanol–water partition coefficient (Wildman–Crippen LogP) is 6.83. The molecule has 0 saturated carbocycles. The molecule has 0 bridgehead atoms. The number of hydrogen-bond donors (Lipinski definition) is 1. The number of hydrogen-bond acceptors (Lipinski definition) is 3. The average Bonchev–Trinajstić information content (AvgIpc) is 3.07. The van der Waals surface area contributed by atoms with E-state index in [1.54, 1.807) is 7.11 Å². The summed E-state index contributed by atoms with van der Waals surface area (Å²) in [5.74, 6) is 0.603. The minimum atomic E-state index is 0.296. The summed E-state index contributed by atoms with van der Waals surface area (Å²) < 4.78 is 7.46. The van der Waals surface area contributed by atoms with E-state index < -0.39 is 0 Å². The van der Waals surface area contributed by atoms with Gasteiger partial charge in [-0.15, -0.1) is 0 Å². The van der Waals surface area contributed by atoms with Gasteiger partial charge < -0.3 is 14.6 Å². The number of benzene rings is 1. The monoisotopic (exact) mass is 433 g/mol. The normalized spacial score (nSPS) is 14.3. The molecule has 2 aromatic heterocycles. The van der Waals surface area contributed by atoms with E-state index in [-0.39, 0.29) is 0 Å². The third-order valence-corrected chi connectivity index (χ3v) is 6.08. The topological polar surface area (TPSA) is 39.1 Å². The van der Waals surface area contributed by atoms with Gasteiger partial charge in [0.05, 0.1) is 17.6 Å². The van der Waals surface area contributed by atoms with Crippen LogP contribution in [0.5, 0.6) is 5.88 Å². The number of rotatable bonds is 5. The van der Waals surface area contributed by atoms with E-state index >= 15 is 0 Å². The molecule has 0 saturated heterocycles. The first-order valence-electron chi connectivity index (χ1n) is 10.5. The van der Waals surface area contributed by atoms with Gasteiger partial charge in [-0.3, -0.25) is 0 Å². The molecule has 0 amide bonds. The third kappa shape index (κ3) is 4.00. The molecule has 0 radical (unpaired) electrons. The van der Waals surface area contributed by atoms with E-state index in [9.17, 15) is 0 Å². The van der Waals surface area contributed by atoms with Gasteiger partial charge in [-0.2, -0.15) is 0 Å². The Morgan fingerprint density at radius 3 is 2.58 bits per heavy atom. The van der Waals surface area contributed by atoms with Gasteiger partial charge in [0.1, 0.15) is 0 Å². The molecule has 4 nitrogen and oxygen atoms in total. The maximum atomic E-state index is 6.76. The maximum Gasteiger partial charge on any atom is 0.212 e. The lowest BCUT2D eigenvalue weighted by atomic mass is 9.92. The molecule has 31 heavy (non-hydrogen) atoms. The number of ether oxygens (including phenoxy) is 1. The second-order valence-corrected chi connectivity index (χ2v) is 8.77. The Balaban J connectivity index is 1.92. The first kappa shape index (κ1) is 21.3. The Morgan fingerprint density at radius 1 is 1.19 bits per heavy atom. The summed E-state index contributed by atoms with van der Waals surface area (Å²) in [6, 6.07) is 8.65. The average molecular weight is 434 g/mol. The lowest BCUT2D eigenvalue weighted by molar-refractivity contribution is 0.398. The highest BCUT2D eigenvalue weighted by Crippen LogP contribution is 2.37. The summed E-state index contributed by atoms with van der Waals surface area (Å²) in [6.45, 7) is 12.8. The fraction of sp³-hybridized carbons (Fsp3) is 0.269. The predicted molar refractivity (Wildman–Crippen MR) is 130 cm³/mol. The Hall–Kier alpha value is -2.98. The molecule has 0 atom stereocenters. The van der Waals surface area contributed by atoms with E-state index in [0.29, 0.717) is 11.9 Å². The molecular formula is C26H28ClN3O. The summed E-state index contributed by atoms with van der Waals surface area (Å²) in [4.78, 5) is 4.40. The van der Waals surface area contributed by atoms with Crippen LogP contribution >= 0.6 is 11.6 Å². The van der Waals surface area contributed by atoms with Crippen molar-refractivity contribution < 1.29 is 4.74 Å². The first-order valence-corrected chi connectivity index (χ1v) is 10.8. The number of allylic oxidation sites excluding steroid dienone is 4. The van der Waals surface area contributed by atoms with Gasteiger partial charge in [0, 0.05) is 53.3 Å². The number of halogens is 1. The van der Waals surface area contributed by atoms with Gasteiger partial charge in [-0.1, -0.05) is 18.2 Å². The molecular weight excluding hydrogens is 406 g/mol. The van der Waals surface area contributed by atoms with Crippen LogP contribution in [-0.2, 0) is 6.42 Å². The number of dihydropyridines is 1. The number of pyridine rings is 1. The standard InChI is InChI=1S/C26H28ClN3O/c1-15(2)30-14-23(27)26-21(11-22-16(3)9-17(4)29-18(22)5)10-20(12-24(26)30)19-7-8-25(31-6)28-13-19/h7-10,12-15,29H,5,11H2,1-4,6H3. The molecule has 1 aliphatic heterocycles. The summed E-state index contributed by atoms with van der Waals surface area (Å²) >= 11 is 6.76. The van der Waals surface area contributed by atoms with Crippen molar-refractivity contribution in [3.05, 3.63) is 82.4 Å². The molecule has 4 rings (SSSR count). The van der Waals surface area contributed by atoms with Crippen LogP contribution < -0.4 is 10.1 Å². The van der Waals surface area contributed by atoms with E-state index in [1.807, 2.05) is 24.5 Å². The number of fused-ring (bicyclic) bond motifs is 1. The highest BCUT2D eigenvalue weighted by atomic mass is 35.5. The van der Waals surface area contributed by atoms with E-state index in [1.165, 1.54) is 16.7 Å². The number of aromatic nitrogens is 2. The van der Waals surface area contributed by atoms with E-state index in [4.69, 9.17) is 16.3 Å². The van der Waals surface area contributed by atoms with Crippen LogP contribution in [0.1, 0.15) is 39.3 Å². The molecule has 1 N–H and O–H groups in total. The molecule has 3 heterocycles. The van der Waals surface area contributed by atoms with Gasteiger partial charge >= 0.3 is 0 Å². The van der Waals surface area contributed by atoms with Crippen LogP contribution in [0.2, 0.25) is 5.02 Å². The molecule has 0 aliphatic carbocycles. The molecule has 5 heteroatoms. The summed E-state index contributed by atoms with van der Waals surface area (Å²) in [7, 11) is 1.63. The summed E-state index contributed by atoms with van der Waals surface area (Å²) in [6.07, 6.45) is 6.80. The Kier molecular flexibility index (Phi) is 5.67. The van der Waals surface area contributed by atoms with Crippen LogP contribution in [0, 0.1) is 0 Å². The molecule has 0 spiro atoms. The van der Waals surface area contributed by atoms with Crippen molar-refractivity contribution in [2.45, 2.75) is 40.2 Å². The van der Waals surface area contributed by atoms with E-state index in [2.05, 4.69) is 67.4 Å². The van der Waals surface area contributed by atoms with Crippen LogP contribution in [0.15, 0.2) is 71.9 Å². The lowest BCUT2D eigenvalue weighted by Crippen LogP contribution is -2.18. The lowest BCUT2D eigenvalue weighted by Gasteiger charge is -2.22. The van der Waals surface area contributed by atoms with Crippen LogP contribution in [0.3, 0.4) is 0 Å². The van der Waals surface area contributed by atoms with Crippen molar-refractivity contribution in [3.63, 3.8) is 0 Å². The zero-order valence-electron chi connectivity index (χ0n) is 18.7. The van der Waals surface area contributed by atoms with Crippen molar-refractivity contribution in [1.29, 1.82) is 0 Å². The molecule has 0 fully saturated rings. The summed E-state index contributed by atoms with van der Waals surface area (Å²) in [5, 5.41) is 5.24. The fourth-order valence-corrected chi connectivity index (χ4v) is 4.59. The maximum absolute atomic E-state index is 6.76. The molecule has 0 unspecified atom stereocenters. The number of nitrogens with one attached hydrogen (secondary N) is 1. The van der Waals surface area contributed by atoms with Crippen molar-refractivity contribution in [1.82, 2.24) is 14.9 Å². The minimum Gasteiger partial charge on any atom is -0.481 e. The molecule has 1 aromatic carbocycles. The SMILES string of the molecule is C=C1NC(C)=CC(C)=C1Cc1cc(-c2ccc(OC)nc2)cc2c1c(Cl)cn2C(C)C. The van der Waals surface area contributed by atoms with Crippen LogP contribution in [0.25, 0.3) is 22.0 Å². The zero-order chi connectivity index (χ0) is 22.3. The Bertz CT molecular complexity index is 1230. The number of nitrogens with zero attached hydrogens (tertiary/aromatic N) is 2. The molecule has 1 aliphatic rings. The largest absolute Gasteiger partial charge is 0.481 e. The minimum absolute atomic E-state index is 0.296. The second-order valence-electron chi connectivity index (χ2n) is 8.37. The van der Waals surface area contributed by atoms with Crippen molar-refractivity contribution in [2.75, 3.05) is 7.11 Å². The smallest absolute Gasteiger partial charge is 0.212 e. The third-order valence-electron chi connectivity index (χ3n) is 5.79. The zero-order valence-corrected chi connectivity index (χ0v) is 19.5. The first-order chi connectivity index (χ1) is 14.8. The highest BCUT2D eigenvalue weighted by molar-refractivity contribution is 6.36. The van der Waals surface area contributed by atoms with Gasteiger partial charge in [0.2, 0.25) is 5.88 Å². The second kappa shape index (κ2) is 8.27. The van der Waals surface area contributed by atoms with Gasteiger partial charge in [-0.25, -0.2) is 4.98 Å². The van der Waals surface area contributed by atoms with Gasteiger partial charge in [0.25, 0.3) is 0 Å². The number of methoxy groups -OCH3 is 1. The van der Waals surface area contributed by atoms with Crippen LogP contribution in [0.4, 0.5) is 0 Å². The Morgan fingerprint density at radius 2 is 1.97 bits per heavy atom. The van der Waals surface area contributed by atoms with Crippen molar-refractivity contribution >= 4 is 22.5 Å².